The summed E-state index contributed by atoms with van der Waals surface area (Å²) >= 11 is 1.71. The summed E-state index contributed by atoms with van der Waals surface area (Å²) in [5.74, 6) is 0.488. The van der Waals surface area contributed by atoms with E-state index in [4.69, 9.17) is 11.5 Å². The maximum absolute atomic E-state index is 5.81. The van der Waals surface area contributed by atoms with Crippen molar-refractivity contribution < 1.29 is 0 Å². The van der Waals surface area contributed by atoms with Crippen LogP contribution in [0.2, 0.25) is 0 Å². The smallest absolute Gasteiger partial charge is 0.224 e. The highest BCUT2D eigenvalue weighted by Crippen LogP contribution is 2.24. The quantitative estimate of drug-likeness (QED) is 0.702. The molecule has 0 amide bonds. The van der Waals surface area contributed by atoms with Crippen LogP contribution in [0, 0.1) is 0 Å². The Labute approximate surface area is 120 Å². The van der Waals surface area contributed by atoms with Gasteiger partial charge in [0.15, 0.2) is 5.65 Å². The molecule has 4 N–H and O–H groups in total. The van der Waals surface area contributed by atoms with Gasteiger partial charge in [0.2, 0.25) is 5.95 Å². The molecule has 0 aliphatic heterocycles. The summed E-state index contributed by atoms with van der Waals surface area (Å²) in [6.07, 6.45) is 2.05. The fourth-order valence-electron chi connectivity index (χ4n) is 1.97. The lowest BCUT2D eigenvalue weighted by Crippen LogP contribution is -2.01. The van der Waals surface area contributed by atoms with Crippen LogP contribution in [0.25, 0.3) is 22.3 Å². The van der Waals surface area contributed by atoms with Crippen LogP contribution >= 0.6 is 11.8 Å². The molecule has 2 aromatic heterocycles. The van der Waals surface area contributed by atoms with Gasteiger partial charge < -0.3 is 11.5 Å². The highest BCUT2D eigenvalue weighted by Gasteiger charge is 2.07. The zero-order valence-corrected chi connectivity index (χ0v) is 11.7. The van der Waals surface area contributed by atoms with Crippen LogP contribution in [0.5, 0.6) is 0 Å². The normalized spacial score (nSPS) is 10.8. The number of nitrogens with two attached hydrogens (primary N) is 2. The van der Waals surface area contributed by atoms with Crippen LogP contribution in [0.1, 0.15) is 0 Å². The van der Waals surface area contributed by atoms with E-state index in [-0.39, 0.29) is 5.95 Å². The molecule has 0 saturated heterocycles. The van der Waals surface area contributed by atoms with E-state index in [0.717, 1.165) is 11.3 Å². The maximum Gasteiger partial charge on any atom is 0.224 e. The van der Waals surface area contributed by atoms with Gasteiger partial charge in [0.05, 0.1) is 11.1 Å². The topological polar surface area (TPSA) is 90.7 Å². The third-order valence-corrected chi connectivity index (χ3v) is 3.74. The Morgan fingerprint density at radius 2 is 1.65 bits per heavy atom. The van der Waals surface area contributed by atoms with E-state index in [1.165, 1.54) is 4.90 Å². The average molecular weight is 283 g/mol. The number of hydrogen-bond donors (Lipinski definition) is 2. The van der Waals surface area contributed by atoms with E-state index in [2.05, 4.69) is 27.1 Å². The lowest BCUT2D eigenvalue weighted by Gasteiger charge is -2.05. The number of anilines is 2. The van der Waals surface area contributed by atoms with Crippen molar-refractivity contribution in [1.82, 2.24) is 15.0 Å². The lowest BCUT2D eigenvalue weighted by molar-refractivity contribution is 1.20. The second-order valence-electron chi connectivity index (χ2n) is 4.26. The lowest BCUT2D eigenvalue weighted by atomic mass is 10.1. The van der Waals surface area contributed by atoms with Gasteiger partial charge in [-0.3, -0.25) is 0 Å². The largest absolute Gasteiger partial charge is 0.383 e. The molecule has 1 aromatic carbocycles. The predicted octanol–water partition coefficient (Wildman–Crippen LogP) is 2.58. The number of benzene rings is 1. The van der Waals surface area contributed by atoms with E-state index < -0.39 is 0 Å². The number of hydrogen-bond acceptors (Lipinski definition) is 6. The molecule has 0 saturated carbocycles. The summed E-state index contributed by atoms with van der Waals surface area (Å²) in [7, 11) is 0. The molecule has 5 nitrogen and oxygen atoms in total. The van der Waals surface area contributed by atoms with Crippen molar-refractivity contribution in [2.45, 2.75) is 4.90 Å². The average Bonchev–Trinajstić information content (AvgIpc) is 2.46. The molecular formula is C14H13N5S. The summed E-state index contributed by atoms with van der Waals surface area (Å²) in [5, 5.41) is 0.712. The molecule has 0 unspecified atom stereocenters. The van der Waals surface area contributed by atoms with Gasteiger partial charge in [-0.2, -0.15) is 9.97 Å². The van der Waals surface area contributed by atoms with Gasteiger partial charge in [-0.05, 0) is 30.5 Å². The third-order valence-electron chi connectivity index (χ3n) is 2.99. The van der Waals surface area contributed by atoms with Crippen molar-refractivity contribution in [1.29, 1.82) is 0 Å². The van der Waals surface area contributed by atoms with Gasteiger partial charge in [-0.25, -0.2) is 4.98 Å². The van der Waals surface area contributed by atoms with Gasteiger partial charge in [-0.15, -0.1) is 11.8 Å². The number of pyridine rings is 1. The van der Waals surface area contributed by atoms with Crippen molar-refractivity contribution in [2.24, 2.45) is 0 Å². The highest BCUT2D eigenvalue weighted by molar-refractivity contribution is 7.98. The van der Waals surface area contributed by atoms with Crippen molar-refractivity contribution in [2.75, 3.05) is 17.7 Å². The van der Waals surface area contributed by atoms with Crippen LogP contribution < -0.4 is 11.5 Å². The van der Waals surface area contributed by atoms with Gasteiger partial charge >= 0.3 is 0 Å². The molecule has 3 rings (SSSR count). The minimum atomic E-state index is 0.136. The molecule has 3 aromatic rings. The molecule has 0 spiro atoms. The van der Waals surface area contributed by atoms with E-state index in [1.807, 2.05) is 30.5 Å². The fourth-order valence-corrected chi connectivity index (χ4v) is 2.38. The Bertz CT molecular complexity index is 770. The minimum Gasteiger partial charge on any atom is -0.383 e. The van der Waals surface area contributed by atoms with Gasteiger partial charge in [0, 0.05) is 10.5 Å². The van der Waals surface area contributed by atoms with Crippen molar-refractivity contribution >= 4 is 34.6 Å². The Morgan fingerprint density at radius 3 is 2.35 bits per heavy atom. The first-order chi connectivity index (χ1) is 9.67. The second kappa shape index (κ2) is 4.97. The Morgan fingerprint density at radius 1 is 0.900 bits per heavy atom. The molecule has 0 aliphatic carbocycles. The monoisotopic (exact) mass is 283 g/mol. The summed E-state index contributed by atoms with van der Waals surface area (Å²) in [6, 6.07) is 12.0. The fraction of sp³-hybridized carbons (Fsp3) is 0.0714. The van der Waals surface area contributed by atoms with E-state index >= 15 is 0 Å². The highest BCUT2D eigenvalue weighted by atomic mass is 32.2. The van der Waals surface area contributed by atoms with Crippen molar-refractivity contribution in [3.8, 4) is 11.3 Å². The summed E-state index contributed by atoms with van der Waals surface area (Å²) in [4.78, 5) is 13.8. The molecule has 20 heavy (non-hydrogen) atoms. The number of thioether (sulfide) groups is 1. The number of fused-ring (bicyclic) bond motifs is 1. The third kappa shape index (κ3) is 2.25. The molecule has 0 aliphatic rings. The predicted molar refractivity (Wildman–Crippen MR) is 83.4 cm³/mol. The van der Waals surface area contributed by atoms with Crippen molar-refractivity contribution in [3.63, 3.8) is 0 Å². The molecule has 0 fully saturated rings. The summed E-state index contributed by atoms with van der Waals surface area (Å²) in [5.41, 5.74) is 13.8. The molecule has 6 heteroatoms. The Hall–Kier alpha value is -2.34. The Balaban J connectivity index is 2.12. The summed E-state index contributed by atoms with van der Waals surface area (Å²) < 4.78 is 0. The molecule has 100 valence electrons. The van der Waals surface area contributed by atoms with Gasteiger partial charge in [0.25, 0.3) is 0 Å². The SMILES string of the molecule is CSc1ccc(-c2ccc3c(N)nc(N)nc3n2)cc1. The van der Waals surface area contributed by atoms with Crippen LogP contribution in [-0.2, 0) is 0 Å². The van der Waals surface area contributed by atoms with E-state index in [1.54, 1.807) is 11.8 Å². The zero-order valence-electron chi connectivity index (χ0n) is 10.9. The first-order valence-electron chi connectivity index (χ1n) is 6.01. The molecule has 2 heterocycles. The number of rotatable bonds is 2. The van der Waals surface area contributed by atoms with Crippen LogP contribution in [0.3, 0.4) is 0 Å². The maximum atomic E-state index is 5.81. The Kier molecular flexibility index (Phi) is 3.15. The molecule has 0 radical (unpaired) electrons. The number of aromatic nitrogens is 3. The second-order valence-corrected chi connectivity index (χ2v) is 5.14. The van der Waals surface area contributed by atoms with E-state index in [0.29, 0.717) is 16.9 Å². The zero-order chi connectivity index (χ0) is 14.1. The number of nitrogens with zero attached hydrogens (tertiary/aromatic N) is 3. The first-order valence-corrected chi connectivity index (χ1v) is 7.24. The minimum absolute atomic E-state index is 0.136. The standard InChI is InChI=1S/C14H13N5S/c1-20-9-4-2-8(3-5-9)11-7-6-10-12(15)18-14(16)19-13(10)17-11/h2-7H,1H3,(H4,15,16,17,18,19). The van der Waals surface area contributed by atoms with Gasteiger partial charge in [0.1, 0.15) is 5.82 Å². The summed E-state index contributed by atoms with van der Waals surface area (Å²) in [6.45, 7) is 0. The van der Waals surface area contributed by atoms with Crippen molar-refractivity contribution in [3.05, 3.63) is 36.4 Å². The first kappa shape index (κ1) is 12.7. The van der Waals surface area contributed by atoms with Crippen LogP contribution in [-0.4, -0.2) is 21.2 Å². The molecule has 0 atom stereocenters. The van der Waals surface area contributed by atoms with Crippen LogP contribution in [0.15, 0.2) is 41.3 Å². The number of nitrogen functional groups attached to an aromatic ring is 2. The molecule has 0 bridgehead atoms. The van der Waals surface area contributed by atoms with E-state index in [9.17, 15) is 0 Å². The van der Waals surface area contributed by atoms with Crippen LogP contribution in [0.4, 0.5) is 11.8 Å². The van der Waals surface area contributed by atoms with Gasteiger partial charge in [-0.1, -0.05) is 12.1 Å². The molecular weight excluding hydrogens is 270 g/mol.